The lowest BCUT2D eigenvalue weighted by Crippen LogP contribution is -2.50. The van der Waals surface area contributed by atoms with Crippen LogP contribution in [-0.4, -0.2) is 18.8 Å². The smallest absolute Gasteiger partial charge is 0.192 e. The van der Waals surface area contributed by atoms with Crippen LogP contribution in [0.15, 0.2) is 0 Å². The van der Waals surface area contributed by atoms with Crippen LogP contribution in [0.3, 0.4) is 0 Å². The predicted molar refractivity (Wildman–Crippen MR) is 113 cm³/mol. The van der Waals surface area contributed by atoms with E-state index in [2.05, 4.69) is 70.3 Å². The Morgan fingerprint density at radius 3 is 2.43 bits per heavy atom. The molecule has 1 nitrogen and oxygen atoms in total. The molecule has 0 heterocycles. The van der Waals surface area contributed by atoms with Crippen LogP contribution in [0.1, 0.15) is 73.1 Å². The second-order valence-corrected chi connectivity index (χ2v) is 15.9. The maximum Gasteiger partial charge on any atom is 0.192 e. The molecule has 0 N–H and O–H groups in total. The molecule has 3 heteroatoms. The summed E-state index contributed by atoms with van der Waals surface area (Å²) in [5, 5.41) is 0.327. The van der Waals surface area contributed by atoms with Gasteiger partial charge in [-0.25, -0.2) is 0 Å². The van der Waals surface area contributed by atoms with Crippen LogP contribution >= 0.6 is 22.6 Å². The minimum Gasteiger partial charge on any atom is -0.414 e. The van der Waals surface area contributed by atoms with Crippen molar-refractivity contribution in [2.45, 2.75) is 97.4 Å². The highest BCUT2D eigenvalue weighted by molar-refractivity contribution is 14.1. The van der Waals surface area contributed by atoms with Crippen LogP contribution in [0.4, 0.5) is 0 Å². The van der Waals surface area contributed by atoms with E-state index in [0.29, 0.717) is 16.6 Å². The van der Waals surface area contributed by atoms with Crippen molar-refractivity contribution in [3.05, 3.63) is 0 Å². The highest BCUT2D eigenvalue weighted by atomic mass is 127. The third-order valence-corrected chi connectivity index (χ3v) is 12.8. The minimum absolute atomic E-state index is 0.327. The molecule has 0 bridgehead atoms. The van der Waals surface area contributed by atoms with Gasteiger partial charge in [0, 0.05) is 6.10 Å². The number of hydrogen-bond acceptors (Lipinski definition) is 1. The van der Waals surface area contributed by atoms with Gasteiger partial charge in [0.25, 0.3) is 0 Å². The molecular formula is C20H39IOSi. The first kappa shape index (κ1) is 20.2. The molecular weight excluding hydrogens is 411 g/mol. The van der Waals surface area contributed by atoms with Gasteiger partial charge in [0.1, 0.15) is 0 Å². The van der Waals surface area contributed by atoms with Crippen LogP contribution in [0.25, 0.3) is 0 Å². The molecule has 2 aliphatic carbocycles. The molecule has 1 unspecified atom stereocenters. The summed E-state index contributed by atoms with van der Waals surface area (Å²) in [6.45, 7) is 17.1. The molecule has 2 fully saturated rings. The summed E-state index contributed by atoms with van der Waals surface area (Å²) in [7, 11) is -1.65. The topological polar surface area (TPSA) is 9.23 Å². The van der Waals surface area contributed by atoms with Gasteiger partial charge < -0.3 is 4.43 Å². The second-order valence-electron chi connectivity index (χ2n) is 10.1. The van der Waals surface area contributed by atoms with Crippen molar-refractivity contribution in [3.63, 3.8) is 0 Å². The zero-order chi connectivity index (χ0) is 17.5. The normalized spacial score (nSPS) is 36.8. The maximum absolute atomic E-state index is 6.95. The Bertz CT molecular complexity index is 403. The van der Waals surface area contributed by atoms with E-state index in [-0.39, 0.29) is 0 Å². The molecule has 2 rings (SSSR count). The maximum atomic E-state index is 6.95. The predicted octanol–water partition coefficient (Wildman–Crippen LogP) is 7.05. The van der Waals surface area contributed by atoms with E-state index in [1.54, 1.807) is 0 Å². The standard InChI is InChI=1S/C20H39IOSi/c1-15(12-14-21)16-10-11-17-18(9-8-13-20(16,17)5)22-23(6,7)19(2,3)4/h15-18H,8-14H2,1-7H3/t15-,16?,17+,18+,20-/m1/s1. The first-order valence-electron chi connectivity index (χ1n) is 9.77. The first-order chi connectivity index (χ1) is 10.5. The third-order valence-electron chi connectivity index (χ3n) is 7.64. The molecule has 0 aromatic carbocycles. The fourth-order valence-electron chi connectivity index (χ4n) is 5.16. The summed E-state index contributed by atoms with van der Waals surface area (Å²) >= 11 is 2.55. The van der Waals surface area contributed by atoms with E-state index >= 15 is 0 Å². The lowest BCUT2D eigenvalue weighted by Gasteiger charge is -2.50. The van der Waals surface area contributed by atoms with Gasteiger partial charge in [-0.3, -0.25) is 0 Å². The van der Waals surface area contributed by atoms with E-state index in [4.69, 9.17) is 4.43 Å². The Labute approximate surface area is 160 Å². The Morgan fingerprint density at radius 2 is 1.87 bits per heavy atom. The third kappa shape index (κ3) is 4.02. The number of fused-ring (bicyclic) bond motifs is 1. The summed E-state index contributed by atoms with van der Waals surface area (Å²) in [6, 6.07) is 0. The second kappa shape index (κ2) is 7.26. The Hall–Kier alpha value is 0.907. The lowest BCUT2D eigenvalue weighted by atomic mass is 9.61. The van der Waals surface area contributed by atoms with Gasteiger partial charge in [0.05, 0.1) is 0 Å². The van der Waals surface area contributed by atoms with Crippen molar-refractivity contribution >= 4 is 30.9 Å². The first-order valence-corrected chi connectivity index (χ1v) is 14.2. The lowest BCUT2D eigenvalue weighted by molar-refractivity contribution is -0.0204. The van der Waals surface area contributed by atoms with Gasteiger partial charge in [-0.05, 0) is 77.8 Å². The van der Waals surface area contributed by atoms with E-state index in [9.17, 15) is 0 Å². The van der Waals surface area contributed by atoms with Crippen molar-refractivity contribution in [2.75, 3.05) is 4.43 Å². The van der Waals surface area contributed by atoms with Crippen molar-refractivity contribution in [1.29, 1.82) is 0 Å². The number of rotatable bonds is 5. The van der Waals surface area contributed by atoms with Crippen LogP contribution in [0.5, 0.6) is 0 Å². The van der Waals surface area contributed by atoms with Gasteiger partial charge in [0.15, 0.2) is 8.32 Å². The minimum atomic E-state index is -1.65. The van der Waals surface area contributed by atoms with E-state index in [1.807, 2.05) is 0 Å². The van der Waals surface area contributed by atoms with E-state index < -0.39 is 8.32 Å². The largest absolute Gasteiger partial charge is 0.414 e. The fourth-order valence-corrected chi connectivity index (χ4v) is 7.54. The zero-order valence-corrected chi connectivity index (χ0v) is 19.7. The highest BCUT2D eigenvalue weighted by Crippen LogP contribution is 2.59. The summed E-state index contributed by atoms with van der Waals surface area (Å²) < 4.78 is 8.25. The molecule has 0 radical (unpaired) electrons. The summed E-state index contributed by atoms with van der Waals surface area (Å²) in [4.78, 5) is 0. The van der Waals surface area contributed by atoms with E-state index in [0.717, 1.165) is 17.8 Å². The molecule has 5 atom stereocenters. The molecule has 0 spiro atoms. The van der Waals surface area contributed by atoms with Crippen LogP contribution in [0, 0.1) is 23.2 Å². The van der Waals surface area contributed by atoms with Gasteiger partial charge in [-0.15, -0.1) is 0 Å². The molecule has 136 valence electrons. The van der Waals surface area contributed by atoms with Gasteiger partial charge in [-0.2, -0.15) is 0 Å². The van der Waals surface area contributed by atoms with Crippen molar-refractivity contribution in [2.24, 2.45) is 23.2 Å². The molecule has 23 heavy (non-hydrogen) atoms. The summed E-state index contributed by atoms with van der Waals surface area (Å²) in [5.74, 6) is 2.62. The Balaban J connectivity index is 2.15. The monoisotopic (exact) mass is 450 g/mol. The van der Waals surface area contributed by atoms with Crippen LogP contribution in [-0.2, 0) is 4.43 Å². The molecule has 0 saturated heterocycles. The van der Waals surface area contributed by atoms with Crippen molar-refractivity contribution < 1.29 is 4.43 Å². The molecule has 0 amide bonds. The quantitative estimate of drug-likeness (QED) is 0.248. The van der Waals surface area contributed by atoms with Crippen LogP contribution in [0.2, 0.25) is 18.1 Å². The summed E-state index contributed by atoms with van der Waals surface area (Å²) in [5.41, 5.74) is 0.538. The average Bonchev–Trinajstić information content (AvgIpc) is 2.75. The summed E-state index contributed by atoms with van der Waals surface area (Å²) in [6.07, 6.45) is 8.89. The van der Waals surface area contributed by atoms with Gasteiger partial charge in [-0.1, -0.05) is 63.6 Å². The average molecular weight is 451 g/mol. The molecule has 0 aromatic heterocycles. The number of alkyl halides is 1. The van der Waals surface area contributed by atoms with Gasteiger partial charge in [0.2, 0.25) is 0 Å². The van der Waals surface area contributed by atoms with Crippen LogP contribution < -0.4 is 0 Å². The molecule has 0 aromatic rings. The molecule has 0 aliphatic heterocycles. The Kier molecular flexibility index (Phi) is 6.39. The van der Waals surface area contributed by atoms with E-state index in [1.165, 1.54) is 43.0 Å². The SMILES string of the molecule is C[C@H](CCI)C1CC[C@H]2[C@@H](O[Si](C)(C)C(C)(C)C)CCC[C@]12C. The highest BCUT2D eigenvalue weighted by Gasteiger charge is 2.54. The zero-order valence-electron chi connectivity index (χ0n) is 16.5. The van der Waals surface area contributed by atoms with Crippen molar-refractivity contribution in [1.82, 2.24) is 0 Å². The number of hydrogen-bond donors (Lipinski definition) is 0. The fraction of sp³-hybridized carbons (Fsp3) is 1.00. The Morgan fingerprint density at radius 1 is 1.22 bits per heavy atom. The molecule has 2 aliphatic rings. The van der Waals surface area contributed by atoms with Gasteiger partial charge >= 0.3 is 0 Å². The molecule has 2 saturated carbocycles. The van der Waals surface area contributed by atoms with Crippen molar-refractivity contribution in [3.8, 4) is 0 Å². The number of halogens is 1.